The summed E-state index contributed by atoms with van der Waals surface area (Å²) in [7, 11) is -8.29. The van der Waals surface area contributed by atoms with Gasteiger partial charge in [-0.05, 0) is 42.0 Å². The molecule has 0 saturated heterocycles. The molecule has 0 fully saturated rings. The summed E-state index contributed by atoms with van der Waals surface area (Å²) in [6.07, 6.45) is 1.31. The number of nitrogens with one attached hydrogen (secondary N) is 1. The van der Waals surface area contributed by atoms with E-state index in [-0.39, 0.29) is 0 Å². The number of nitrogens with two attached hydrogens (primary N) is 1. The predicted molar refractivity (Wildman–Crippen MR) is 93.5 cm³/mol. The molecule has 0 spiro atoms. The van der Waals surface area contributed by atoms with Gasteiger partial charge < -0.3 is 0 Å². The van der Waals surface area contributed by atoms with Crippen molar-refractivity contribution in [1.29, 1.82) is 0 Å². The second-order valence-electron chi connectivity index (χ2n) is 4.69. The van der Waals surface area contributed by atoms with Crippen LogP contribution in [0, 0.1) is 5.82 Å². The van der Waals surface area contributed by atoms with E-state index in [4.69, 9.17) is 5.14 Å². The predicted octanol–water partition coefficient (Wildman–Crippen LogP) is 2.65. The Hall–Kier alpha value is -1.75. The summed E-state index contributed by atoms with van der Waals surface area (Å²) in [4.78, 5) is -0.524. The summed E-state index contributed by atoms with van der Waals surface area (Å²) in [6, 6.07) is 9.31. The van der Waals surface area contributed by atoms with E-state index in [1.165, 1.54) is 6.08 Å². The van der Waals surface area contributed by atoms with Crippen molar-refractivity contribution < 1.29 is 21.2 Å². The van der Waals surface area contributed by atoms with Gasteiger partial charge in [0.15, 0.2) is 0 Å². The highest BCUT2D eigenvalue weighted by atomic mass is 79.9. The third-order valence-electron chi connectivity index (χ3n) is 2.81. The Morgan fingerprint density at radius 2 is 1.67 bits per heavy atom. The normalized spacial score (nSPS) is 12.5. The zero-order valence-electron chi connectivity index (χ0n) is 12.0. The molecule has 0 atom stereocenters. The summed E-state index contributed by atoms with van der Waals surface area (Å²) in [5.74, 6) is -0.808. The highest BCUT2D eigenvalue weighted by Gasteiger charge is 2.18. The van der Waals surface area contributed by atoms with Gasteiger partial charge in [0.05, 0.1) is 11.1 Å². The van der Waals surface area contributed by atoms with Crippen molar-refractivity contribution in [2.45, 2.75) is 4.90 Å². The van der Waals surface area contributed by atoms with Crippen LogP contribution in [-0.2, 0) is 20.0 Å². The van der Waals surface area contributed by atoms with Crippen LogP contribution in [0.25, 0.3) is 6.08 Å². The van der Waals surface area contributed by atoms with Gasteiger partial charge in [0.25, 0.3) is 10.0 Å². The van der Waals surface area contributed by atoms with Gasteiger partial charge in [0, 0.05) is 4.47 Å². The van der Waals surface area contributed by atoms with Crippen LogP contribution in [0.3, 0.4) is 0 Å². The van der Waals surface area contributed by atoms with E-state index in [0.717, 1.165) is 28.1 Å². The molecule has 2 aromatic carbocycles. The summed E-state index contributed by atoms with van der Waals surface area (Å²) in [6.45, 7) is 0. The van der Waals surface area contributed by atoms with Crippen LogP contribution >= 0.6 is 15.9 Å². The molecule has 10 heteroatoms. The molecular formula is C14H12BrFN2O4S2. The summed E-state index contributed by atoms with van der Waals surface area (Å²) in [5, 5.41) is 5.84. The Morgan fingerprint density at radius 1 is 1.04 bits per heavy atom. The van der Waals surface area contributed by atoms with Crippen LogP contribution < -0.4 is 9.86 Å². The number of anilines is 1. The van der Waals surface area contributed by atoms with Crippen molar-refractivity contribution in [1.82, 2.24) is 0 Å². The van der Waals surface area contributed by atoms with Gasteiger partial charge in [-0.3, -0.25) is 4.72 Å². The second-order valence-corrected chi connectivity index (χ2v) is 8.70. The fourth-order valence-corrected chi connectivity index (χ4v) is 3.64. The van der Waals surface area contributed by atoms with E-state index in [2.05, 4.69) is 15.9 Å². The number of rotatable bonds is 5. The van der Waals surface area contributed by atoms with Gasteiger partial charge in [-0.2, -0.15) is 0 Å². The summed E-state index contributed by atoms with van der Waals surface area (Å²) < 4.78 is 63.2. The number of halogens is 2. The van der Waals surface area contributed by atoms with Gasteiger partial charge >= 0.3 is 0 Å². The molecule has 0 aromatic heterocycles. The molecule has 0 aliphatic heterocycles. The minimum absolute atomic E-state index is 0.460. The Labute approximate surface area is 147 Å². The largest absolute Gasteiger partial charge is 0.279 e. The van der Waals surface area contributed by atoms with Crippen molar-refractivity contribution in [3.63, 3.8) is 0 Å². The Bertz CT molecular complexity index is 988. The smallest absolute Gasteiger partial charge is 0.255 e. The van der Waals surface area contributed by atoms with Crippen molar-refractivity contribution in [3.8, 4) is 0 Å². The fraction of sp³-hybridized carbons (Fsp3) is 0. The standard InChI is InChI=1S/C14H12BrFN2O4S2/c15-11-3-1-10(2-4-11)7-8-23(19,20)18-13-9-12(16)5-6-14(13)24(17,21)22/h1-9,18H,(H2,17,21,22)/b8-7+. The van der Waals surface area contributed by atoms with Crippen molar-refractivity contribution in [3.05, 3.63) is 63.7 Å². The van der Waals surface area contributed by atoms with Crippen molar-refractivity contribution >= 4 is 47.7 Å². The molecule has 0 amide bonds. The van der Waals surface area contributed by atoms with E-state index >= 15 is 0 Å². The lowest BCUT2D eigenvalue weighted by Crippen LogP contribution is -2.17. The van der Waals surface area contributed by atoms with Crippen LogP contribution in [0.1, 0.15) is 5.56 Å². The molecule has 128 valence electrons. The van der Waals surface area contributed by atoms with Gasteiger partial charge in [0.1, 0.15) is 10.7 Å². The maximum atomic E-state index is 13.3. The van der Waals surface area contributed by atoms with Gasteiger partial charge in [-0.25, -0.2) is 26.4 Å². The lowest BCUT2D eigenvalue weighted by atomic mass is 10.2. The molecular weight excluding hydrogens is 423 g/mol. The van der Waals surface area contributed by atoms with Crippen LogP contribution in [0.2, 0.25) is 0 Å². The van der Waals surface area contributed by atoms with Crippen LogP contribution in [0.5, 0.6) is 0 Å². The first kappa shape index (κ1) is 18.6. The van der Waals surface area contributed by atoms with Crippen molar-refractivity contribution in [2.24, 2.45) is 5.14 Å². The maximum Gasteiger partial charge on any atom is 0.255 e. The number of hydrogen-bond acceptors (Lipinski definition) is 4. The zero-order chi connectivity index (χ0) is 18.0. The molecule has 0 aliphatic carbocycles. The third-order valence-corrected chi connectivity index (χ3v) is 5.31. The number of primary sulfonamides is 1. The fourth-order valence-electron chi connectivity index (χ4n) is 1.76. The van der Waals surface area contributed by atoms with E-state index in [1.54, 1.807) is 24.3 Å². The SMILES string of the molecule is NS(=O)(=O)c1ccc(F)cc1NS(=O)(=O)/C=C/c1ccc(Br)cc1. The van der Waals surface area contributed by atoms with Crippen LogP contribution in [0.4, 0.5) is 10.1 Å². The lowest BCUT2D eigenvalue weighted by molar-refractivity contribution is 0.597. The number of benzene rings is 2. The summed E-state index contributed by atoms with van der Waals surface area (Å²) in [5.41, 5.74) is 0.146. The van der Waals surface area contributed by atoms with Crippen molar-refractivity contribution in [2.75, 3.05) is 4.72 Å². The second kappa shape index (κ2) is 7.01. The quantitative estimate of drug-likeness (QED) is 0.753. The molecule has 0 aliphatic rings. The Morgan fingerprint density at radius 3 is 2.25 bits per heavy atom. The molecule has 6 nitrogen and oxygen atoms in total. The van der Waals surface area contributed by atoms with Gasteiger partial charge in [-0.15, -0.1) is 0 Å². The number of hydrogen-bond donors (Lipinski definition) is 2. The van der Waals surface area contributed by atoms with E-state index in [1.807, 2.05) is 4.72 Å². The van der Waals surface area contributed by atoms with Crippen LogP contribution in [0.15, 0.2) is 57.2 Å². The zero-order valence-corrected chi connectivity index (χ0v) is 15.2. The molecule has 0 bridgehead atoms. The average molecular weight is 435 g/mol. The third kappa shape index (κ3) is 5.13. The molecule has 2 rings (SSSR count). The first-order valence-electron chi connectivity index (χ1n) is 6.36. The van der Waals surface area contributed by atoms with Gasteiger partial charge in [-0.1, -0.05) is 28.1 Å². The number of sulfonamides is 2. The molecule has 0 saturated carbocycles. The highest BCUT2D eigenvalue weighted by Crippen LogP contribution is 2.23. The lowest BCUT2D eigenvalue weighted by Gasteiger charge is -2.09. The molecule has 24 heavy (non-hydrogen) atoms. The van der Waals surface area contributed by atoms with E-state index in [9.17, 15) is 21.2 Å². The van der Waals surface area contributed by atoms with E-state index < -0.39 is 36.4 Å². The molecule has 0 unspecified atom stereocenters. The Kier molecular flexibility index (Phi) is 5.43. The Balaban J connectivity index is 2.33. The monoisotopic (exact) mass is 434 g/mol. The van der Waals surface area contributed by atoms with E-state index in [0.29, 0.717) is 5.56 Å². The minimum atomic E-state index is -4.22. The first-order chi connectivity index (χ1) is 11.1. The molecule has 2 aromatic rings. The van der Waals surface area contributed by atoms with Crippen LogP contribution in [-0.4, -0.2) is 16.8 Å². The molecule has 0 heterocycles. The van der Waals surface area contributed by atoms with Gasteiger partial charge in [0.2, 0.25) is 10.0 Å². The highest BCUT2D eigenvalue weighted by molar-refractivity contribution is 9.10. The average Bonchev–Trinajstić information content (AvgIpc) is 2.45. The molecule has 0 radical (unpaired) electrons. The topological polar surface area (TPSA) is 106 Å². The first-order valence-corrected chi connectivity index (χ1v) is 10.2. The molecule has 3 N–H and O–H groups in total. The minimum Gasteiger partial charge on any atom is -0.279 e. The maximum absolute atomic E-state index is 13.3. The summed E-state index contributed by atoms with van der Waals surface area (Å²) >= 11 is 3.25.